The Morgan fingerprint density at radius 1 is 0.868 bits per heavy atom. The minimum Gasteiger partial charge on any atom is -0.478 e. The molecular weight excluding hydrogens is 512 g/mol. The second-order valence-electron chi connectivity index (χ2n) is 7.95. The van der Waals surface area contributed by atoms with Crippen molar-refractivity contribution in [2.75, 3.05) is 16.1 Å². The lowest BCUT2D eigenvalue weighted by atomic mass is 10.0. The predicted molar refractivity (Wildman–Crippen MR) is 140 cm³/mol. The van der Waals surface area contributed by atoms with Crippen LogP contribution in [0.25, 0.3) is 0 Å². The smallest absolute Gasteiger partial charge is 0.336 e. The zero-order chi connectivity index (χ0) is 27.2. The van der Waals surface area contributed by atoms with Gasteiger partial charge in [-0.15, -0.1) is 11.8 Å². The number of amidine groups is 1. The summed E-state index contributed by atoms with van der Waals surface area (Å²) in [6.45, 7) is 0. The Morgan fingerprint density at radius 3 is 2.24 bits per heavy atom. The van der Waals surface area contributed by atoms with Crippen LogP contribution in [0.2, 0.25) is 0 Å². The van der Waals surface area contributed by atoms with Crippen LogP contribution < -0.4 is 15.6 Å². The van der Waals surface area contributed by atoms with Crippen LogP contribution in [0.15, 0.2) is 82.8 Å². The van der Waals surface area contributed by atoms with Gasteiger partial charge < -0.3 is 20.8 Å². The fraction of sp³-hybridized carbons (Fsp3) is 0.0769. The van der Waals surface area contributed by atoms with E-state index in [4.69, 9.17) is 5.11 Å². The van der Waals surface area contributed by atoms with Crippen LogP contribution in [-0.4, -0.2) is 51.5 Å². The van der Waals surface area contributed by atoms with Crippen molar-refractivity contribution < 1.29 is 34.2 Å². The lowest BCUT2D eigenvalue weighted by Crippen LogP contribution is -2.31. The average molecular weight is 533 g/mol. The molecular formula is C26H20N4O7S. The Hall–Kier alpha value is -4.97. The van der Waals surface area contributed by atoms with Crippen molar-refractivity contribution in [1.29, 1.82) is 0 Å². The summed E-state index contributed by atoms with van der Waals surface area (Å²) < 4.78 is 0. The molecule has 4 N–H and O–H groups in total. The number of nitrogens with one attached hydrogen (secondary N) is 2. The Kier molecular flexibility index (Phi) is 7.83. The third kappa shape index (κ3) is 6.23. The van der Waals surface area contributed by atoms with E-state index in [1.165, 1.54) is 16.8 Å². The molecule has 3 aromatic rings. The summed E-state index contributed by atoms with van der Waals surface area (Å²) in [5.74, 6) is -3.70. The number of aromatic carboxylic acids is 2. The fourth-order valence-corrected chi connectivity index (χ4v) is 4.20. The van der Waals surface area contributed by atoms with E-state index < -0.39 is 23.4 Å². The minimum absolute atomic E-state index is 0.0116. The number of hydrogen-bond acceptors (Lipinski definition) is 7. The largest absolute Gasteiger partial charge is 0.478 e. The second-order valence-corrected chi connectivity index (χ2v) is 9.00. The first-order valence-corrected chi connectivity index (χ1v) is 12.1. The monoisotopic (exact) mass is 532 g/mol. The number of rotatable bonds is 8. The predicted octanol–water partition coefficient (Wildman–Crippen LogP) is 3.29. The number of carboxylic acids is 2. The molecule has 38 heavy (non-hydrogen) atoms. The lowest BCUT2D eigenvalue weighted by Gasteiger charge is -2.10. The molecule has 0 unspecified atom stereocenters. The number of thioether (sulfide) groups is 1. The molecule has 12 heteroatoms. The molecule has 0 atom stereocenters. The van der Waals surface area contributed by atoms with Crippen LogP contribution in [0.1, 0.15) is 37.5 Å². The lowest BCUT2D eigenvalue weighted by molar-refractivity contribution is -0.117. The van der Waals surface area contributed by atoms with Crippen LogP contribution in [0.4, 0.5) is 11.4 Å². The maximum atomic E-state index is 12.6. The number of carbonyl (C=O) groups is 5. The van der Waals surface area contributed by atoms with E-state index in [0.29, 0.717) is 11.4 Å². The molecule has 192 valence electrons. The molecule has 3 amide bonds. The highest BCUT2D eigenvalue weighted by Gasteiger charge is 2.26. The quantitative estimate of drug-likeness (QED) is 0.321. The Labute approximate surface area is 220 Å². The van der Waals surface area contributed by atoms with Crippen LogP contribution in [0.3, 0.4) is 0 Å². The number of para-hydroxylation sites is 1. The third-order valence-corrected chi connectivity index (χ3v) is 6.30. The van der Waals surface area contributed by atoms with Gasteiger partial charge >= 0.3 is 11.9 Å². The molecule has 4 rings (SSSR count). The molecule has 0 saturated heterocycles. The number of benzene rings is 3. The SMILES string of the molecule is O=C(CSc1ccc(NC(=O)c2ccc(C(=O)O)cc2C(=O)O)cc1)NC1=NN(c2ccccc2)C(=O)C1. The van der Waals surface area contributed by atoms with E-state index in [2.05, 4.69) is 15.7 Å². The van der Waals surface area contributed by atoms with Gasteiger partial charge in [-0.05, 0) is 54.6 Å². The van der Waals surface area contributed by atoms with E-state index >= 15 is 0 Å². The van der Waals surface area contributed by atoms with Crippen molar-refractivity contribution in [3.8, 4) is 0 Å². The maximum absolute atomic E-state index is 12.6. The van der Waals surface area contributed by atoms with E-state index in [9.17, 15) is 29.1 Å². The van der Waals surface area contributed by atoms with Gasteiger partial charge in [0.25, 0.3) is 11.8 Å². The summed E-state index contributed by atoms with van der Waals surface area (Å²) in [6.07, 6.45) is -0.0116. The van der Waals surface area contributed by atoms with Crippen molar-refractivity contribution in [1.82, 2.24) is 5.32 Å². The molecule has 1 aliphatic rings. The molecule has 0 radical (unpaired) electrons. The summed E-state index contributed by atoms with van der Waals surface area (Å²) in [4.78, 5) is 60.5. The standard InChI is InChI=1S/C26H20N4O7S/c31-22(28-21-13-23(32)30(29-21)17-4-2-1-3-5-17)14-38-18-9-7-16(8-10-18)27-24(33)19-11-6-15(25(34)35)12-20(19)26(36)37/h1-12H,13-14H2,(H,27,33)(H,34,35)(H,36,37)(H,28,29,31). The number of amides is 3. The van der Waals surface area contributed by atoms with Gasteiger partial charge in [-0.3, -0.25) is 14.4 Å². The summed E-state index contributed by atoms with van der Waals surface area (Å²) in [6, 6.07) is 18.6. The summed E-state index contributed by atoms with van der Waals surface area (Å²) >= 11 is 1.23. The van der Waals surface area contributed by atoms with Gasteiger partial charge in [0.1, 0.15) is 5.84 Å². The molecule has 11 nitrogen and oxygen atoms in total. The van der Waals surface area contributed by atoms with Gasteiger partial charge in [-0.2, -0.15) is 10.1 Å². The summed E-state index contributed by atoms with van der Waals surface area (Å²) in [5.41, 5.74) is 0.129. The summed E-state index contributed by atoms with van der Waals surface area (Å²) in [5, 5.41) is 29.1. The summed E-state index contributed by atoms with van der Waals surface area (Å²) in [7, 11) is 0. The van der Waals surface area contributed by atoms with Gasteiger partial charge in [0.05, 0.1) is 34.6 Å². The van der Waals surface area contributed by atoms with Crippen molar-refractivity contribution in [2.45, 2.75) is 11.3 Å². The second kappa shape index (κ2) is 11.4. The van der Waals surface area contributed by atoms with Gasteiger partial charge in [-0.1, -0.05) is 18.2 Å². The first-order valence-electron chi connectivity index (χ1n) is 11.1. The highest BCUT2D eigenvalue weighted by molar-refractivity contribution is 8.00. The third-order valence-electron chi connectivity index (χ3n) is 5.28. The first-order chi connectivity index (χ1) is 18.2. The van der Waals surface area contributed by atoms with E-state index in [1.54, 1.807) is 48.5 Å². The van der Waals surface area contributed by atoms with Crippen LogP contribution in [0.5, 0.6) is 0 Å². The first kappa shape index (κ1) is 26.1. The number of carbonyl (C=O) groups excluding carboxylic acids is 3. The molecule has 1 heterocycles. The van der Waals surface area contributed by atoms with Crippen molar-refractivity contribution in [3.63, 3.8) is 0 Å². The number of carboxylic acid groups (broad SMARTS) is 2. The van der Waals surface area contributed by atoms with Crippen molar-refractivity contribution in [3.05, 3.63) is 89.5 Å². The van der Waals surface area contributed by atoms with Gasteiger partial charge in [-0.25, -0.2) is 9.59 Å². The van der Waals surface area contributed by atoms with E-state index in [1.807, 2.05) is 6.07 Å². The number of nitrogens with zero attached hydrogens (tertiary/aromatic N) is 2. The molecule has 0 bridgehead atoms. The zero-order valence-electron chi connectivity index (χ0n) is 19.6. The van der Waals surface area contributed by atoms with Crippen LogP contribution in [0, 0.1) is 0 Å². The van der Waals surface area contributed by atoms with E-state index in [-0.39, 0.29) is 41.0 Å². The molecule has 3 aromatic carbocycles. The molecule has 0 aliphatic carbocycles. The van der Waals surface area contributed by atoms with Gasteiger partial charge in [0.2, 0.25) is 5.91 Å². The fourth-order valence-electron chi connectivity index (χ4n) is 3.50. The van der Waals surface area contributed by atoms with E-state index in [0.717, 1.165) is 23.1 Å². The average Bonchev–Trinajstić information content (AvgIpc) is 3.27. The van der Waals surface area contributed by atoms with Gasteiger partial charge in [0.15, 0.2) is 0 Å². The van der Waals surface area contributed by atoms with Crippen LogP contribution in [-0.2, 0) is 9.59 Å². The number of hydrogen-bond donors (Lipinski definition) is 4. The zero-order valence-corrected chi connectivity index (χ0v) is 20.4. The molecule has 1 aliphatic heterocycles. The highest BCUT2D eigenvalue weighted by atomic mass is 32.2. The molecule has 0 saturated carbocycles. The molecule has 0 fully saturated rings. The topological polar surface area (TPSA) is 165 Å². The number of anilines is 2. The maximum Gasteiger partial charge on any atom is 0.336 e. The molecule has 0 spiro atoms. The van der Waals surface area contributed by atoms with Gasteiger partial charge in [0, 0.05) is 10.6 Å². The van der Waals surface area contributed by atoms with Crippen LogP contribution >= 0.6 is 11.8 Å². The Balaban J connectivity index is 1.32. The normalized spacial score (nSPS) is 12.6. The Morgan fingerprint density at radius 2 is 1.58 bits per heavy atom. The van der Waals surface area contributed by atoms with Crippen molar-refractivity contribution >= 4 is 58.6 Å². The van der Waals surface area contributed by atoms with Crippen molar-refractivity contribution in [2.24, 2.45) is 5.10 Å². The number of hydrazone groups is 1. The molecule has 0 aromatic heterocycles. The highest BCUT2D eigenvalue weighted by Crippen LogP contribution is 2.22. The Bertz CT molecular complexity index is 1460. The minimum atomic E-state index is -1.43.